The number of nitrogens with one attached hydrogen (secondary N) is 1. The maximum absolute atomic E-state index is 12.0. The fraction of sp³-hybridized carbons (Fsp3) is 0.353. The third-order valence-corrected chi connectivity index (χ3v) is 4.70. The molecule has 2 fully saturated rings. The van der Waals surface area contributed by atoms with Crippen molar-refractivity contribution in [2.24, 2.45) is 0 Å². The van der Waals surface area contributed by atoms with Gasteiger partial charge in [-0.05, 0) is 12.1 Å². The molecule has 2 aliphatic rings. The normalized spacial score (nSPS) is 34.1. The third-order valence-electron chi connectivity index (χ3n) is 4.70. The van der Waals surface area contributed by atoms with Crippen molar-refractivity contribution in [3.8, 4) is 5.75 Å². The molecule has 28 heavy (non-hydrogen) atoms. The van der Waals surface area contributed by atoms with Crippen LogP contribution >= 0.6 is 0 Å². The van der Waals surface area contributed by atoms with Crippen LogP contribution in [0, 0.1) is 0 Å². The molecule has 1 aromatic heterocycles. The topological polar surface area (TPSA) is 164 Å². The number of carboxylic acids is 1. The van der Waals surface area contributed by atoms with Crippen LogP contribution in [0.1, 0.15) is 6.23 Å². The van der Waals surface area contributed by atoms with Crippen molar-refractivity contribution in [3.05, 3.63) is 63.4 Å². The molecule has 0 saturated carbocycles. The van der Waals surface area contributed by atoms with Gasteiger partial charge in [-0.2, -0.15) is 0 Å². The number of aliphatic carboxylic acids is 1. The lowest BCUT2D eigenvalue weighted by Crippen LogP contribution is -2.48. The van der Waals surface area contributed by atoms with Crippen molar-refractivity contribution in [1.82, 2.24) is 9.55 Å². The minimum atomic E-state index is -2.07. The average Bonchev–Trinajstić information content (AvgIpc) is 3.30. The Morgan fingerprint density at radius 2 is 1.86 bits per heavy atom. The molecule has 11 nitrogen and oxygen atoms in total. The number of carboxylic acid groups (broad SMARTS) is 1. The molecular formula is C17H16N2O9. The summed E-state index contributed by atoms with van der Waals surface area (Å²) in [5, 5.41) is 30.4. The molecule has 148 valence electrons. The van der Waals surface area contributed by atoms with E-state index in [2.05, 4.69) is 0 Å². The number of epoxide rings is 1. The second kappa shape index (κ2) is 6.56. The van der Waals surface area contributed by atoms with Crippen molar-refractivity contribution < 1.29 is 34.3 Å². The predicted octanol–water partition coefficient (Wildman–Crippen LogP) is -1.59. The van der Waals surface area contributed by atoms with Crippen LogP contribution < -0.4 is 16.0 Å². The number of nitrogens with zero attached hydrogens (tertiary/aromatic N) is 1. The lowest BCUT2D eigenvalue weighted by Gasteiger charge is -2.19. The summed E-state index contributed by atoms with van der Waals surface area (Å²) in [6.07, 6.45) is -6.50. The first-order chi connectivity index (χ1) is 13.3. The van der Waals surface area contributed by atoms with Crippen LogP contribution in [-0.4, -0.2) is 61.0 Å². The van der Waals surface area contributed by atoms with Gasteiger partial charge in [0.15, 0.2) is 6.23 Å². The van der Waals surface area contributed by atoms with E-state index in [1.54, 1.807) is 30.3 Å². The number of ether oxygens (including phenoxy) is 3. The number of aromatic nitrogens is 2. The van der Waals surface area contributed by atoms with Crippen molar-refractivity contribution in [1.29, 1.82) is 0 Å². The standard InChI is InChI=1S/C17H16N2O9/c20-9-6-7-19(16(25)18-9)13-11(22)10(21)12(27-13)17(14(23)24)15(28-17)26-8-4-2-1-3-5-8/h1-7,10-13,15,21-22H,(H,23,24)(H,18,20,25)/t10-,11+,12-,13+,15?,17?/m0/s1. The highest BCUT2D eigenvalue weighted by atomic mass is 16.8. The minimum Gasteiger partial charge on any atom is -0.479 e. The smallest absolute Gasteiger partial charge is 0.345 e. The monoisotopic (exact) mass is 392 g/mol. The Bertz CT molecular complexity index is 1000. The third kappa shape index (κ3) is 2.81. The zero-order valence-corrected chi connectivity index (χ0v) is 14.2. The summed E-state index contributed by atoms with van der Waals surface area (Å²) in [5.74, 6) is -1.11. The Labute approximate surface area is 156 Å². The van der Waals surface area contributed by atoms with Gasteiger partial charge >= 0.3 is 11.7 Å². The van der Waals surface area contributed by atoms with Crippen LogP contribution in [0.25, 0.3) is 0 Å². The van der Waals surface area contributed by atoms with Crippen molar-refractivity contribution in [3.63, 3.8) is 0 Å². The SMILES string of the molecule is O=C(O)C1([C@H]2O[C@@H](n3ccc(=O)[nH]c3=O)[C@H](O)[C@@H]2O)OC1Oc1ccccc1. The van der Waals surface area contributed by atoms with Crippen LogP contribution in [0.4, 0.5) is 0 Å². The summed E-state index contributed by atoms with van der Waals surface area (Å²) in [6.45, 7) is 0. The van der Waals surface area contributed by atoms with Gasteiger partial charge in [0.2, 0.25) is 6.29 Å². The van der Waals surface area contributed by atoms with E-state index in [0.717, 1.165) is 16.8 Å². The summed E-state index contributed by atoms with van der Waals surface area (Å²) in [5.41, 5.74) is -3.62. The first-order valence-electron chi connectivity index (χ1n) is 8.30. The van der Waals surface area contributed by atoms with Crippen LogP contribution in [0.15, 0.2) is 52.2 Å². The Hall–Kier alpha value is -2.99. The molecule has 2 saturated heterocycles. The van der Waals surface area contributed by atoms with Gasteiger partial charge in [0.1, 0.15) is 24.1 Å². The van der Waals surface area contributed by atoms with E-state index in [9.17, 15) is 29.7 Å². The van der Waals surface area contributed by atoms with Gasteiger partial charge < -0.3 is 29.5 Å². The second-order valence-electron chi connectivity index (χ2n) is 6.42. The zero-order valence-electron chi connectivity index (χ0n) is 14.2. The first-order valence-corrected chi connectivity index (χ1v) is 8.30. The zero-order chi connectivity index (χ0) is 20.1. The van der Waals surface area contributed by atoms with Gasteiger partial charge in [-0.25, -0.2) is 9.59 Å². The van der Waals surface area contributed by atoms with E-state index >= 15 is 0 Å². The van der Waals surface area contributed by atoms with Crippen molar-refractivity contribution >= 4 is 5.97 Å². The Morgan fingerprint density at radius 1 is 1.14 bits per heavy atom. The molecule has 2 aromatic rings. The maximum Gasteiger partial charge on any atom is 0.345 e. The van der Waals surface area contributed by atoms with Gasteiger partial charge in [-0.15, -0.1) is 0 Å². The van der Waals surface area contributed by atoms with Gasteiger partial charge in [-0.3, -0.25) is 14.3 Å². The van der Waals surface area contributed by atoms with E-state index in [1.807, 2.05) is 4.98 Å². The number of H-pyrrole nitrogens is 1. The van der Waals surface area contributed by atoms with E-state index in [4.69, 9.17) is 14.2 Å². The molecule has 0 bridgehead atoms. The van der Waals surface area contributed by atoms with Crippen LogP contribution in [-0.2, 0) is 14.3 Å². The lowest BCUT2D eigenvalue weighted by molar-refractivity contribution is -0.154. The number of aromatic amines is 1. The van der Waals surface area contributed by atoms with Gasteiger partial charge in [0.05, 0.1) is 0 Å². The van der Waals surface area contributed by atoms with E-state index in [1.165, 1.54) is 0 Å². The molecule has 4 N–H and O–H groups in total. The average molecular weight is 392 g/mol. The summed E-state index contributed by atoms with van der Waals surface area (Å²) in [4.78, 5) is 37.0. The molecule has 6 atom stereocenters. The summed E-state index contributed by atoms with van der Waals surface area (Å²) >= 11 is 0. The number of rotatable bonds is 5. The molecule has 0 spiro atoms. The van der Waals surface area contributed by atoms with E-state index in [-0.39, 0.29) is 0 Å². The van der Waals surface area contributed by atoms with Crippen LogP contribution in [0.3, 0.4) is 0 Å². The lowest BCUT2D eigenvalue weighted by atomic mass is 9.96. The summed E-state index contributed by atoms with van der Waals surface area (Å²) < 4.78 is 17.1. The number of hydrogen-bond acceptors (Lipinski definition) is 8. The summed E-state index contributed by atoms with van der Waals surface area (Å²) in [6, 6.07) is 9.33. The molecule has 2 aliphatic heterocycles. The largest absolute Gasteiger partial charge is 0.479 e. The number of para-hydroxylation sites is 1. The molecule has 1 aromatic carbocycles. The van der Waals surface area contributed by atoms with Gasteiger partial charge in [-0.1, -0.05) is 18.2 Å². The molecule has 0 amide bonds. The van der Waals surface area contributed by atoms with Crippen molar-refractivity contribution in [2.45, 2.75) is 36.4 Å². The second-order valence-corrected chi connectivity index (χ2v) is 6.42. The number of benzene rings is 1. The number of carbonyl (C=O) groups is 1. The fourth-order valence-electron chi connectivity index (χ4n) is 3.22. The van der Waals surface area contributed by atoms with Crippen LogP contribution in [0.2, 0.25) is 0 Å². The van der Waals surface area contributed by atoms with Crippen LogP contribution in [0.5, 0.6) is 5.75 Å². The number of aliphatic hydroxyl groups excluding tert-OH is 2. The molecule has 11 heteroatoms. The molecular weight excluding hydrogens is 376 g/mol. The number of aliphatic hydroxyl groups is 2. The predicted molar refractivity (Wildman–Crippen MR) is 89.6 cm³/mol. The molecule has 3 heterocycles. The maximum atomic E-state index is 12.0. The highest BCUT2D eigenvalue weighted by molar-refractivity contribution is 5.82. The number of hydrogen-bond donors (Lipinski definition) is 4. The quantitative estimate of drug-likeness (QED) is 0.439. The van der Waals surface area contributed by atoms with Gasteiger partial charge in [0.25, 0.3) is 11.2 Å². The summed E-state index contributed by atoms with van der Waals surface area (Å²) in [7, 11) is 0. The molecule has 2 unspecified atom stereocenters. The van der Waals surface area contributed by atoms with Crippen molar-refractivity contribution in [2.75, 3.05) is 0 Å². The molecule has 0 radical (unpaired) electrons. The highest BCUT2D eigenvalue weighted by Gasteiger charge is 2.75. The Balaban J connectivity index is 1.61. The Morgan fingerprint density at radius 3 is 2.50 bits per heavy atom. The molecule has 0 aliphatic carbocycles. The van der Waals surface area contributed by atoms with E-state index < -0.39 is 53.6 Å². The first kappa shape index (κ1) is 18.4. The highest BCUT2D eigenvalue weighted by Crippen LogP contribution is 2.48. The van der Waals surface area contributed by atoms with E-state index in [0.29, 0.717) is 5.75 Å². The van der Waals surface area contributed by atoms with Gasteiger partial charge in [0, 0.05) is 12.3 Å². The molecule has 4 rings (SSSR count). The minimum absolute atomic E-state index is 0.345. The fourth-order valence-corrected chi connectivity index (χ4v) is 3.22. The Kier molecular flexibility index (Phi) is 4.31.